The predicted molar refractivity (Wildman–Crippen MR) is 83.4 cm³/mol. The molecule has 0 aromatic rings. The van der Waals surface area contributed by atoms with Crippen LogP contribution < -0.4 is 5.32 Å². The molecular weight excluding hydrogens is 246 g/mol. The van der Waals surface area contributed by atoms with Crippen molar-refractivity contribution in [3.05, 3.63) is 0 Å². The average molecular weight is 277 g/mol. The molecule has 0 spiro atoms. The minimum Gasteiger partial charge on any atom is -0.303 e. The number of hydrogen-bond donors (Lipinski definition) is 1. The van der Waals surface area contributed by atoms with Crippen molar-refractivity contribution in [3.63, 3.8) is 0 Å². The van der Waals surface area contributed by atoms with Gasteiger partial charge in [0.25, 0.3) is 0 Å². The monoisotopic (exact) mass is 277 g/mol. The van der Waals surface area contributed by atoms with E-state index in [-0.39, 0.29) is 5.54 Å². The quantitative estimate of drug-likeness (QED) is 0.740. The Morgan fingerprint density at radius 1 is 1.35 bits per heavy atom. The zero-order chi connectivity index (χ0) is 14.6. The average Bonchev–Trinajstić information content (AvgIpc) is 3.14. The van der Waals surface area contributed by atoms with Crippen LogP contribution in [-0.4, -0.2) is 36.1 Å². The second-order valence-electron chi connectivity index (χ2n) is 7.17. The maximum Gasteiger partial charge on any atom is 0.109 e. The summed E-state index contributed by atoms with van der Waals surface area (Å²) in [6, 6.07) is 3.28. The van der Waals surface area contributed by atoms with Crippen LogP contribution in [0.2, 0.25) is 0 Å². The first-order valence-corrected chi connectivity index (χ1v) is 8.51. The molecule has 0 aromatic heterocycles. The Labute approximate surface area is 124 Å². The molecule has 3 heteroatoms. The van der Waals surface area contributed by atoms with E-state index in [4.69, 9.17) is 0 Å². The lowest BCUT2D eigenvalue weighted by molar-refractivity contribution is 0.212. The first-order valence-electron chi connectivity index (χ1n) is 8.51. The van der Waals surface area contributed by atoms with Gasteiger partial charge in [-0.25, -0.2) is 0 Å². The molecule has 2 rings (SSSR count). The highest BCUT2D eigenvalue weighted by Gasteiger charge is 2.45. The van der Waals surface area contributed by atoms with Gasteiger partial charge in [-0.1, -0.05) is 27.2 Å². The van der Waals surface area contributed by atoms with Crippen molar-refractivity contribution in [2.24, 2.45) is 11.8 Å². The van der Waals surface area contributed by atoms with Crippen LogP contribution in [0, 0.1) is 23.2 Å². The molecule has 0 heterocycles. The summed E-state index contributed by atoms with van der Waals surface area (Å²) in [5.74, 6) is 1.28. The molecule has 1 N–H and O–H groups in total. The minimum absolute atomic E-state index is 0.210. The highest BCUT2D eigenvalue weighted by atomic mass is 15.1. The van der Waals surface area contributed by atoms with Crippen molar-refractivity contribution in [2.45, 2.75) is 70.9 Å². The highest BCUT2D eigenvalue weighted by molar-refractivity contribution is 5.16. The van der Waals surface area contributed by atoms with Crippen LogP contribution in [0.25, 0.3) is 0 Å². The Morgan fingerprint density at radius 3 is 2.65 bits per heavy atom. The van der Waals surface area contributed by atoms with E-state index in [0.29, 0.717) is 12.0 Å². The lowest BCUT2D eigenvalue weighted by Gasteiger charge is -2.32. The zero-order valence-corrected chi connectivity index (χ0v) is 13.5. The SMILES string of the molecule is CCN(CCC1CCCC1(C#N)NC1CC1)CC(C)C. The van der Waals surface area contributed by atoms with Gasteiger partial charge in [-0.15, -0.1) is 0 Å². The molecule has 0 saturated heterocycles. The molecule has 20 heavy (non-hydrogen) atoms. The molecule has 114 valence electrons. The minimum atomic E-state index is -0.210. The van der Waals surface area contributed by atoms with E-state index in [1.54, 1.807) is 0 Å². The lowest BCUT2D eigenvalue weighted by atomic mass is 9.85. The largest absolute Gasteiger partial charge is 0.303 e. The third-order valence-electron chi connectivity index (χ3n) is 4.92. The van der Waals surface area contributed by atoms with Gasteiger partial charge >= 0.3 is 0 Å². The van der Waals surface area contributed by atoms with Crippen LogP contribution >= 0.6 is 0 Å². The summed E-state index contributed by atoms with van der Waals surface area (Å²) in [7, 11) is 0. The van der Waals surface area contributed by atoms with E-state index in [9.17, 15) is 5.26 Å². The molecule has 2 fully saturated rings. The van der Waals surface area contributed by atoms with Gasteiger partial charge in [0.05, 0.1) is 6.07 Å². The van der Waals surface area contributed by atoms with Gasteiger partial charge in [0, 0.05) is 12.6 Å². The summed E-state index contributed by atoms with van der Waals surface area (Å²) in [4.78, 5) is 2.54. The summed E-state index contributed by atoms with van der Waals surface area (Å²) in [6.45, 7) is 10.3. The summed E-state index contributed by atoms with van der Waals surface area (Å²) < 4.78 is 0. The fourth-order valence-electron chi connectivity index (χ4n) is 3.66. The Morgan fingerprint density at radius 2 is 2.10 bits per heavy atom. The van der Waals surface area contributed by atoms with Gasteiger partial charge in [-0.2, -0.15) is 5.26 Å². The van der Waals surface area contributed by atoms with Crippen molar-refractivity contribution in [2.75, 3.05) is 19.6 Å². The molecular formula is C17H31N3. The van der Waals surface area contributed by atoms with E-state index in [0.717, 1.165) is 25.4 Å². The summed E-state index contributed by atoms with van der Waals surface area (Å²) >= 11 is 0. The second-order valence-corrected chi connectivity index (χ2v) is 7.17. The second kappa shape index (κ2) is 6.91. The van der Waals surface area contributed by atoms with Crippen LogP contribution in [0.5, 0.6) is 0 Å². The first kappa shape index (κ1) is 15.8. The topological polar surface area (TPSA) is 39.1 Å². The van der Waals surface area contributed by atoms with Crippen LogP contribution in [-0.2, 0) is 0 Å². The maximum atomic E-state index is 9.71. The molecule has 2 aliphatic rings. The van der Waals surface area contributed by atoms with Gasteiger partial charge in [0.1, 0.15) is 5.54 Å². The zero-order valence-electron chi connectivity index (χ0n) is 13.5. The van der Waals surface area contributed by atoms with E-state index >= 15 is 0 Å². The molecule has 0 bridgehead atoms. The van der Waals surface area contributed by atoms with Crippen molar-refractivity contribution in [1.82, 2.24) is 10.2 Å². The van der Waals surface area contributed by atoms with Crippen molar-refractivity contribution in [3.8, 4) is 6.07 Å². The number of hydrogen-bond acceptors (Lipinski definition) is 3. The predicted octanol–water partition coefficient (Wildman–Crippen LogP) is 3.17. The van der Waals surface area contributed by atoms with Crippen molar-refractivity contribution in [1.29, 1.82) is 5.26 Å². The standard InChI is InChI=1S/C17H31N3/c1-4-20(12-14(2)3)11-9-15-6-5-10-17(15,13-18)19-16-7-8-16/h14-16,19H,4-12H2,1-3H3. The molecule has 2 saturated carbocycles. The third-order valence-corrected chi connectivity index (χ3v) is 4.92. The van der Waals surface area contributed by atoms with Crippen LogP contribution in [0.15, 0.2) is 0 Å². The van der Waals surface area contributed by atoms with Crippen molar-refractivity contribution >= 4 is 0 Å². The smallest absolute Gasteiger partial charge is 0.109 e. The molecule has 2 atom stereocenters. The number of nitrogens with one attached hydrogen (secondary N) is 1. The molecule has 0 amide bonds. The fraction of sp³-hybridized carbons (Fsp3) is 0.941. The Bertz CT molecular complexity index is 343. The van der Waals surface area contributed by atoms with Gasteiger partial charge in [-0.05, 0) is 57.0 Å². The molecule has 0 aliphatic heterocycles. The normalized spacial score (nSPS) is 30.1. The summed E-state index contributed by atoms with van der Waals surface area (Å²) in [6.07, 6.45) is 7.21. The van der Waals surface area contributed by atoms with Crippen LogP contribution in [0.1, 0.15) is 59.3 Å². The fourth-order valence-corrected chi connectivity index (χ4v) is 3.66. The van der Waals surface area contributed by atoms with E-state index < -0.39 is 0 Å². The molecule has 2 unspecified atom stereocenters. The third kappa shape index (κ3) is 3.96. The van der Waals surface area contributed by atoms with Crippen LogP contribution in [0.3, 0.4) is 0 Å². The van der Waals surface area contributed by atoms with Crippen LogP contribution in [0.4, 0.5) is 0 Å². The van der Waals surface area contributed by atoms with E-state index in [2.05, 4.69) is 37.1 Å². The summed E-state index contributed by atoms with van der Waals surface area (Å²) in [5.41, 5.74) is -0.210. The van der Waals surface area contributed by atoms with E-state index in [1.165, 1.54) is 38.6 Å². The lowest BCUT2D eigenvalue weighted by Crippen LogP contribution is -2.49. The maximum absolute atomic E-state index is 9.71. The Hall–Kier alpha value is -0.590. The number of rotatable bonds is 8. The van der Waals surface area contributed by atoms with E-state index in [1.807, 2.05) is 0 Å². The molecule has 0 aromatic carbocycles. The molecule has 2 aliphatic carbocycles. The molecule has 0 radical (unpaired) electrons. The molecule has 3 nitrogen and oxygen atoms in total. The summed E-state index contributed by atoms with van der Waals surface area (Å²) in [5, 5.41) is 13.4. The Kier molecular flexibility index (Phi) is 5.46. The first-order chi connectivity index (χ1) is 9.59. The number of nitriles is 1. The highest BCUT2D eigenvalue weighted by Crippen LogP contribution is 2.40. The Balaban J connectivity index is 1.88. The van der Waals surface area contributed by atoms with Gasteiger partial charge in [-0.3, -0.25) is 5.32 Å². The van der Waals surface area contributed by atoms with Gasteiger partial charge in [0.15, 0.2) is 0 Å². The van der Waals surface area contributed by atoms with Crippen molar-refractivity contribution < 1.29 is 0 Å². The van der Waals surface area contributed by atoms with Gasteiger partial charge < -0.3 is 4.90 Å². The van der Waals surface area contributed by atoms with Gasteiger partial charge in [0.2, 0.25) is 0 Å². The number of nitrogens with zero attached hydrogens (tertiary/aromatic N) is 2.